The molecule has 3 rings (SSSR count). The molecule has 100 valence electrons. The highest BCUT2D eigenvalue weighted by Gasteiger charge is 2.03. The number of pyridine rings is 1. The first-order valence-corrected chi connectivity index (χ1v) is 6.87. The van der Waals surface area contributed by atoms with Gasteiger partial charge in [-0.2, -0.15) is 0 Å². The fourth-order valence-electron chi connectivity index (χ4n) is 2.48. The molecule has 20 heavy (non-hydrogen) atoms. The summed E-state index contributed by atoms with van der Waals surface area (Å²) in [7, 11) is 0. The van der Waals surface area contributed by atoms with Crippen molar-refractivity contribution < 1.29 is 0 Å². The molecule has 0 spiro atoms. The zero-order chi connectivity index (χ0) is 13.9. The number of anilines is 1. The summed E-state index contributed by atoms with van der Waals surface area (Å²) < 4.78 is 0. The molecule has 1 aromatic heterocycles. The Hall–Kier alpha value is -2.35. The first kappa shape index (κ1) is 12.7. The van der Waals surface area contributed by atoms with Crippen molar-refractivity contribution in [2.24, 2.45) is 0 Å². The summed E-state index contributed by atoms with van der Waals surface area (Å²) in [6.07, 6.45) is 3.76. The van der Waals surface area contributed by atoms with Crippen LogP contribution in [-0.4, -0.2) is 4.98 Å². The number of aryl methyl sites for hydroxylation is 1. The first-order valence-electron chi connectivity index (χ1n) is 6.87. The summed E-state index contributed by atoms with van der Waals surface area (Å²) in [4.78, 5) is 4.18. The summed E-state index contributed by atoms with van der Waals surface area (Å²) in [6, 6.07) is 14.8. The maximum atomic E-state index is 4.18. The Morgan fingerprint density at radius 1 is 1.00 bits per heavy atom. The van der Waals surface area contributed by atoms with Gasteiger partial charge in [-0.25, -0.2) is 0 Å². The number of fused-ring (bicyclic) bond motifs is 1. The van der Waals surface area contributed by atoms with Crippen molar-refractivity contribution >= 4 is 16.5 Å². The van der Waals surface area contributed by atoms with Gasteiger partial charge in [0.1, 0.15) is 0 Å². The molecule has 0 amide bonds. The van der Waals surface area contributed by atoms with Crippen molar-refractivity contribution in [2.45, 2.75) is 20.4 Å². The van der Waals surface area contributed by atoms with E-state index in [2.05, 4.69) is 66.6 Å². The van der Waals surface area contributed by atoms with E-state index in [1.807, 2.05) is 12.4 Å². The quantitative estimate of drug-likeness (QED) is 0.753. The molecule has 2 aromatic carbocycles. The van der Waals surface area contributed by atoms with Crippen LogP contribution < -0.4 is 5.32 Å². The highest BCUT2D eigenvalue weighted by Crippen LogP contribution is 2.21. The molecule has 0 bridgehead atoms. The third kappa shape index (κ3) is 2.37. The number of aromatic nitrogens is 1. The van der Waals surface area contributed by atoms with Gasteiger partial charge >= 0.3 is 0 Å². The number of nitrogens with zero attached hydrogens (tertiary/aromatic N) is 1. The van der Waals surface area contributed by atoms with Crippen molar-refractivity contribution in [1.29, 1.82) is 0 Å². The lowest BCUT2D eigenvalue weighted by atomic mass is 10.1. The van der Waals surface area contributed by atoms with Crippen LogP contribution in [0.3, 0.4) is 0 Å². The van der Waals surface area contributed by atoms with Crippen molar-refractivity contribution in [3.05, 3.63) is 71.5 Å². The number of benzene rings is 2. The Labute approximate surface area is 119 Å². The van der Waals surface area contributed by atoms with E-state index >= 15 is 0 Å². The van der Waals surface area contributed by atoms with Gasteiger partial charge in [0.05, 0.1) is 0 Å². The average Bonchev–Trinajstić information content (AvgIpc) is 2.49. The van der Waals surface area contributed by atoms with Gasteiger partial charge in [0.15, 0.2) is 0 Å². The van der Waals surface area contributed by atoms with E-state index < -0.39 is 0 Å². The minimum Gasteiger partial charge on any atom is -0.381 e. The molecule has 0 aliphatic carbocycles. The smallest absolute Gasteiger partial charge is 0.0407 e. The molecule has 2 heteroatoms. The highest BCUT2D eigenvalue weighted by atomic mass is 14.9. The zero-order valence-corrected chi connectivity index (χ0v) is 11.9. The molecule has 3 aromatic rings. The Morgan fingerprint density at radius 2 is 1.85 bits per heavy atom. The fraction of sp³-hybridized carbons (Fsp3) is 0.167. The topological polar surface area (TPSA) is 24.9 Å². The van der Waals surface area contributed by atoms with E-state index in [4.69, 9.17) is 0 Å². The number of hydrogen-bond donors (Lipinski definition) is 1. The van der Waals surface area contributed by atoms with Gasteiger partial charge in [-0.05, 0) is 48.1 Å². The average molecular weight is 262 g/mol. The number of rotatable bonds is 3. The summed E-state index contributed by atoms with van der Waals surface area (Å²) >= 11 is 0. The fourth-order valence-corrected chi connectivity index (χ4v) is 2.48. The maximum absolute atomic E-state index is 4.18. The van der Waals surface area contributed by atoms with Gasteiger partial charge in [0.2, 0.25) is 0 Å². The van der Waals surface area contributed by atoms with Crippen LogP contribution in [0.4, 0.5) is 5.69 Å². The van der Waals surface area contributed by atoms with Crippen LogP contribution in [-0.2, 0) is 6.54 Å². The van der Waals surface area contributed by atoms with E-state index in [0.717, 1.165) is 6.54 Å². The second kappa shape index (κ2) is 5.33. The Morgan fingerprint density at radius 3 is 2.75 bits per heavy atom. The SMILES string of the molecule is Cc1cccc(NCc2cccc3cnccc23)c1C. The van der Waals surface area contributed by atoms with E-state index in [-0.39, 0.29) is 0 Å². The third-order valence-electron chi connectivity index (χ3n) is 3.84. The zero-order valence-electron chi connectivity index (χ0n) is 11.9. The summed E-state index contributed by atoms with van der Waals surface area (Å²) in [5, 5.41) is 5.99. The molecule has 0 fully saturated rings. The number of hydrogen-bond acceptors (Lipinski definition) is 2. The predicted molar refractivity (Wildman–Crippen MR) is 85.0 cm³/mol. The van der Waals surface area contributed by atoms with Crippen molar-refractivity contribution in [3.63, 3.8) is 0 Å². The molecule has 2 nitrogen and oxygen atoms in total. The lowest BCUT2D eigenvalue weighted by molar-refractivity contribution is 1.15. The van der Waals surface area contributed by atoms with Crippen LogP contribution >= 0.6 is 0 Å². The molecule has 0 saturated carbocycles. The first-order chi connectivity index (χ1) is 9.75. The molecule has 0 unspecified atom stereocenters. The molecule has 0 aliphatic heterocycles. The second-order valence-corrected chi connectivity index (χ2v) is 5.11. The van der Waals surface area contributed by atoms with E-state index in [1.54, 1.807) is 0 Å². The third-order valence-corrected chi connectivity index (χ3v) is 3.84. The van der Waals surface area contributed by atoms with Crippen LogP contribution in [0.1, 0.15) is 16.7 Å². The standard InChI is InChI=1S/C18H18N2/c1-13-5-3-8-18(14(13)2)20-12-16-7-4-6-15-11-19-10-9-17(15)16/h3-11,20H,12H2,1-2H3. The highest BCUT2D eigenvalue weighted by molar-refractivity contribution is 5.85. The van der Waals surface area contributed by atoms with Gasteiger partial charge in [0.25, 0.3) is 0 Å². The van der Waals surface area contributed by atoms with Crippen LogP contribution in [0, 0.1) is 13.8 Å². The van der Waals surface area contributed by atoms with Gasteiger partial charge in [-0.3, -0.25) is 4.98 Å². The minimum absolute atomic E-state index is 0.825. The van der Waals surface area contributed by atoms with Crippen LogP contribution in [0.5, 0.6) is 0 Å². The predicted octanol–water partition coefficient (Wildman–Crippen LogP) is 4.46. The monoisotopic (exact) mass is 262 g/mol. The van der Waals surface area contributed by atoms with E-state index in [0.29, 0.717) is 0 Å². The Balaban J connectivity index is 1.89. The van der Waals surface area contributed by atoms with E-state index in [1.165, 1.54) is 33.2 Å². The molecule has 0 atom stereocenters. The van der Waals surface area contributed by atoms with Gasteiger partial charge < -0.3 is 5.32 Å². The van der Waals surface area contributed by atoms with Gasteiger partial charge in [-0.1, -0.05) is 30.3 Å². The van der Waals surface area contributed by atoms with Crippen LogP contribution in [0.25, 0.3) is 10.8 Å². The maximum Gasteiger partial charge on any atom is 0.0407 e. The molecular formula is C18H18N2. The number of nitrogens with one attached hydrogen (secondary N) is 1. The van der Waals surface area contributed by atoms with E-state index in [9.17, 15) is 0 Å². The summed E-state index contributed by atoms with van der Waals surface area (Å²) in [6.45, 7) is 5.13. The normalized spacial score (nSPS) is 10.7. The van der Waals surface area contributed by atoms with Crippen LogP contribution in [0.2, 0.25) is 0 Å². The van der Waals surface area contributed by atoms with Gasteiger partial charge in [-0.15, -0.1) is 0 Å². The van der Waals surface area contributed by atoms with Crippen molar-refractivity contribution in [1.82, 2.24) is 4.98 Å². The van der Waals surface area contributed by atoms with Crippen molar-refractivity contribution in [2.75, 3.05) is 5.32 Å². The molecular weight excluding hydrogens is 244 g/mol. The Bertz CT molecular complexity index is 742. The summed E-state index contributed by atoms with van der Waals surface area (Å²) in [5.41, 5.74) is 5.13. The molecule has 0 saturated heterocycles. The van der Waals surface area contributed by atoms with Crippen LogP contribution in [0.15, 0.2) is 54.9 Å². The Kier molecular flexibility index (Phi) is 3.38. The minimum atomic E-state index is 0.825. The van der Waals surface area contributed by atoms with Gasteiger partial charge in [0, 0.05) is 30.0 Å². The molecule has 1 N–H and O–H groups in total. The summed E-state index contributed by atoms with van der Waals surface area (Å²) in [5.74, 6) is 0. The lowest BCUT2D eigenvalue weighted by Gasteiger charge is -2.12. The lowest BCUT2D eigenvalue weighted by Crippen LogP contribution is -2.02. The molecule has 0 radical (unpaired) electrons. The molecule has 1 heterocycles. The van der Waals surface area contributed by atoms with Crippen molar-refractivity contribution in [3.8, 4) is 0 Å². The molecule has 0 aliphatic rings. The second-order valence-electron chi connectivity index (χ2n) is 5.11. The largest absolute Gasteiger partial charge is 0.381 e.